The first kappa shape index (κ1) is 7.84. The summed E-state index contributed by atoms with van der Waals surface area (Å²) in [5.74, 6) is 5.46. The summed E-state index contributed by atoms with van der Waals surface area (Å²) in [4.78, 5) is 0. The lowest BCUT2D eigenvalue weighted by Crippen LogP contribution is -1.79. The number of nitrogens with zero attached hydrogens (tertiary/aromatic N) is 1. The van der Waals surface area contributed by atoms with Crippen LogP contribution in [0.3, 0.4) is 0 Å². The molecule has 0 atom stereocenters. The van der Waals surface area contributed by atoms with Crippen molar-refractivity contribution in [1.29, 1.82) is 0 Å². The molecular weight excluding hydrogens is 164 g/mol. The number of aromatic amines is 1. The van der Waals surface area contributed by atoms with Crippen LogP contribution in [0, 0.1) is 11.8 Å². The van der Waals surface area contributed by atoms with Crippen LogP contribution >= 0.6 is 0 Å². The van der Waals surface area contributed by atoms with Gasteiger partial charge in [-0.3, -0.25) is 5.10 Å². The number of H-pyrrole nitrogens is 1. The first-order valence-corrected chi connectivity index (χ1v) is 3.93. The van der Waals surface area contributed by atoms with Crippen molar-refractivity contribution in [2.24, 2.45) is 0 Å². The van der Waals surface area contributed by atoms with Crippen LogP contribution in [0.15, 0.2) is 24.4 Å². The maximum Gasteiger partial charge on any atom is 0.104 e. The molecule has 0 aliphatic rings. The maximum absolute atomic E-state index is 8.55. The molecule has 1 heterocycles. The number of aliphatic hydroxyl groups excluding tert-OH is 1. The van der Waals surface area contributed by atoms with Crippen molar-refractivity contribution >= 4 is 10.9 Å². The van der Waals surface area contributed by atoms with E-state index in [4.69, 9.17) is 5.11 Å². The minimum absolute atomic E-state index is 0.121. The quantitative estimate of drug-likeness (QED) is 0.580. The first-order chi connectivity index (χ1) is 6.42. The Bertz CT molecular complexity index is 476. The first-order valence-electron chi connectivity index (χ1n) is 3.93. The van der Waals surface area contributed by atoms with Gasteiger partial charge in [-0.15, -0.1) is 0 Å². The van der Waals surface area contributed by atoms with Crippen LogP contribution in [0.25, 0.3) is 10.9 Å². The molecule has 0 unspecified atom stereocenters. The fourth-order valence-electron chi connectivity index (χ4n) is 1.21. The number of aliphatic hydroxyl groups is 1. The summed E-state index contributed by atoms with van der Waals surface area (Å²) in [6, 6.07) is 5.77. The van der Waals surface area contributed by atoms with Gasteiger partial charge in [0.2, 0.25) is 0 Å². The Morgan fingerprint density at radius 3 is 3.23 bits per heavy atom. The van der Waals surface area contributed by atoms with E-state index >= 15 is 0 Å². The monoisotopic (exact) mass is 172 g/mol. The van der Waals surface area contributed by atoms with Crippen LogP contribution in [-0.2, 0) is 0 Å². The molecule has 0 amide bonds. The number of hydrogen-bond acceptors (Lipinski definition) is 2. The minimum Gasteiger partial charge on any atom is -0.384 e. The van der Waals surface area contributed by atoms with Gasteiger partial charge >= 0.3 is 0 Å². The van der Waals surface area contributed by atoms with E-state index in [1.165, 1.54) is 0 Å². The number of nitrogens with one attached hydrogen (secondary N) is 1. The topological polar surface area (TPSA) is 48.9 Å². The Labute approximate surface area is 75.4 Å². The van der Waals surface area contributed by atoms with E-state index in [0.29, 0.717) is 0 Å². The van der Waals surface area contributed by atoms with E-state index in [1.54, 1.807) is 6.20 Å². The predicted octanol–water partition coefficient (Wildman–Crippen LogP) is 0.907. The number of hydrogen-bond donors (Lipinski definition) is 2. The van der Waals surface area contributed by atoms with Gasteiger partial charge in [-0.1, -0.05) is 24.0 Å². The van der Waals surface area contributed by atoms with Gasteiger partial charge in [-0.05, 0) is 6.07 Å². The highest BCUT2D eigenvalue weighted by molar-refractivity contribution is 5.83. The molecular formula is C10H8N2O. The molecule has 3 heteroatoms. The molecule has 0 fully saturated rings. The van der Waals surface area contributed by atoms with Crippen LogP contribution in [0.5, 0.6) is 0 Å². The Morgan fingerprint density at radius 1 is 1.46 bits per heavy atom. The number of para-hydroxylation sites is 1. The molecule has 0 spiro atoms. The zero-order valence-corrected chi connectivity index (χ0v) is 6.91. The van der Waals surface area contributed by atoms with Crippen molar-refractivity contribution in [3.8, 4) is 11.8 Å². The van der Waals surface area contributed by atoms with E-state index in [-0.39, 0.29) is 6.61 Å². The second-order valence-electron chi connectivity index (χ2n) is 2.60. The average molecular weight is 172 g/mol. The predicted molar refractivity (Wildman–Crippen MR) is 50.1 cm³/mol. The van der Waals surface area contributed by atoms with Gasteiger partial charge in [-0.25, -0.2) is 0 Å². The van der Waals surface area contributed by atoms with Gasteiger partial charge in [-0.2, -0.15) is 5.10 Å². The van der Waals surface area contributed by atoms with E-state index < -0.39 is 0 Å². The maximum atomic E-state index is 8.55. The van der Waals surface area contributed by atoms with E-state index in [9.17, 15) is 0 Å². The molecule has 0 saturated heterocycles. The van der Waals surface area contributed by atoms with Crippen molar-refractivity contribution in [2.45, 2.75) is 0 Å². The zero-order chi connectivity index (χ0) is 9.10. The van der Waals surface area contributed by atoms with Crippen LogP contribution < -0.4 is 0 Å². The molecule has 13 heavy (non-hydrogen) atoms. The summed E-state index contributed by atoms with van der Waals surface area (Å²) in [5, 5.41) is 16.4. The summed E-state index contributed by atoms with van der Waals surface area (Å²) in [6.07, 6.45) is 1.75. The SMILES string of the molecule is OCC#Cc1cccc2cn[nH]c12. The Morgan fingerprint density at radius 2 is 2.38 bits per heavy atom. The molecule has 0 aliphatic carbocycles. The van der Waals surface area contributed by atoms with E-state index in [1.807, 2.05) is 18.2 Å². The lowest BCUT2D eigenvalue weighted by atomic mass is 10.1. The normalized spacial score (nSPS) is 9.62. The summed E-state index contributed by atoms with van der Waals surface area (Å²) in [6.45, 7) is -0.121. The number of fused-ring (bicyclic) bond motifs is 1. The smallest absolute Gasteiger partial charge is 0.104 e. The molecule has 3 nitrogen and oxygen atoms in total. The highest BCUT2D eigenvalue weighted by atomic mass is 16.2. The number of rotatable bonds is 0. The summed E-state index contributed by atoms with van der Waals surface area (Å²) in [5.41, 5.74) is 1.78. The second kappa shape index (κ2) is 3.30. The molecule has 0 bridgehead atoms. The summed E-state index contributed by atoms with van der Waals surface area (Å²) >= 11 is 0. The standard InChI is InChI=1S/C10H8N2O/c13-6-2-5-8-3-1-4-9-7-11-12-10(8)9/h1,3-4,7,13H,6H2,(H,11,12). The minimum atomic E-state index is -0.121. The Balaban J connectivity index is 2.61. The fourth-order valence-corrected chi connectivity index (χ4v) is 1.21. The number of benzene rings is 1. The van der Waals surface area contributed by atoms with Crippen LogP contribution in [-0.4, -0.2) is 21.9 Å². The van der Waals surface area contributed by atoms with Crippen molar-refractivity contribution in [2.75, 3.05) is 6.61 Å². The molecule has 0 aliphatic heterocycles. The van der Waals surface area contributed by atoms with Gasteiger partial charge in [0.05, 0.1) is 17.3 Å². The van der Waals surface area contributed by atoms with Gasteiger partial charge in [0.25, 0.3) is 0 Å². The molecule has 1 aromatic heterocycles. The summed E-state index contributed by atoms with van der Waals surface area (Å²) < 4.78 is 0. The third kappa shape index (κ3) is 1.40. The molecule has 1 aromatic carbocycles. The fraction of sp³-hybridized carbons (Fsp3) is 0.100. The van der Waals surface area contributed by atoms with Crippen LogP contribution in [0.4, 0.5) is 0 Å². The largest absolute Gasteiger partial charge is 0.384 e. The Kier molecular flexibility index (Phi) is 1.99. The molecule has 0 saturated carbocycles. The third-order valence-corrected chi connectivity index (χ3v) is 1.78. The van der Waals surface area contributed by atoms with Crippen molar-refractivity contribution in [1.82, 2.24) is 10.2 Å². The lowest BCUT2D eigenvalue weighted by Gasteiger charge is -1.91. The Hall–Kier alpha value is -1.79. The van der Waals surface area contributed by atoms with Crippen molar-refractivity contribution in [3.63, 3.8) is 0 Å². The van der Waals surface area contributed by atoms with Crippen molar-refractivity contribution < 1.29 is 5.11 Å². The number of aromatic nitrogens is 2. The third-order valence-electron chi connectivity index (χ3n) is 1.78. The van der Waals surface area contributed by atoms with Gasteiger partial charge in [0.1, 0.15) is 6.61 Å². The molecule has 0 radical (unpaired) electrons. The van der Waals surface area contributed by atoms with Gasteiger partial charge in [0, 0.05) is 5.39 Å². The van der Waals surface area contributed by atoms with E-state index in [0.717, 1.165) is 16.5 Å². The highest BCUT2D eigenvalue weighted by Crippen LogP contribution is 2.13. The van der Waals surface area contributed by atoms with Gasteiger partial charge in [0.15, 0.2) is 0 Å². The molecule has 64 valence electrons. The molecule has 2 aromatic rings. The average Bonchev–Trinajstić information content (AvgIpc) is 2.62. The molecule has 2 rings (SSSR count). The second-order valence-corrected chi connectivity index (χ2v) is 2.60. The van der Waals surface area contributed by atoms with Gasteiger partial charge < -0.3 is 5.11 Å². The van der Waals surface area contributed by atoms with Crippen LogP contribution in [0.1, 0.15) is 5.56 Å². The van der Waals surface area contributed by atoms with Crippen LogP contribution in [0.2, 0.25) is 0 Å². The van der Waals surface area contributed by atoms with E-state index in [2.05, 4.69) is 22.0 Å². The summed E-state index contributed by atoms with van der Waals surface area (Å²) in [7, 11) is 0. The van der Waals surface area contributed by atoms with Crippen molar-refractivity contribution in [3.05, 3.63) is 30.0 Å². The molecule has 2 N–H and O–H groups in total. The highest BCUT2D eigenvalue weighted by Gasteiger charge is 1.98. The zero-order valence-electron chi connectivity index (χ0n) is 6.91. The lowest BCUT2D eigenvalue weighted by molar-refractivity contribution is 0.350.